The van der Waals surface area contributed by atoms with E-state index >= 15 is 0 Å². The predicted octanol–water partition coefficient (Wildman–Crippen LogP) is 2.53. The van der Waals surface area contributed by atoms with Gasteiger partial charge < -0.3 is 9.64 Å². The smallest absolute Gasteiger partial charge is 0.328 e. The van der Waals surface area contributed by atoms with Crippen molar-refractivity contribution in [2.75, 3.05) is 7.11 Å². The van der Waals surface area contributed by atoms with Crippen LogP contribution >= 0.6 is 0 Å². The predicted molar refractivity (Wildman–Crippen MR) is 76.2 cm³/mol. The van der Waals surface area contributed by atoms with E-state index in [0.29, 0.717) is 12.8 Å². The Bertz CT molecular complexity index is 539. The van der Waals surface area contributed by atoms with E-state index in [0.717, 1.165) is 5.56 Å². The van der Waals surface area contributed by atoms with Gasteiger partial charge >= 0.3 is 5.97 Å². The Kier molecular flexibility index (Phi) is 4.12. The number of methoxy groups -OCH3 is 1. The standard InChI is InChI=1S/C16H21NO3/c1-10-5-6-13(9-11(10)2)12(3)17-14(16(19)20-4)7-8-15(17)18/h5-6,9,12,14H,7-8H2,1-4H3. The molecule has 0 N–H and O–H groups in total. The van der Waals surface area contributed by atoms with Crippen molar-refractivity contribution in [1.82, 2.24) is 4.90 Å². The van der Waals surface area contributed by atoms with Gasteiger partial charge in [-0.3, -0.25) is 4.79 Å². The second-order valence-corrected chi connectivity index (χ2v) is 5.40. The Morgan fingerprint density at radius 1 is 1.35 bits per heavy atom. The third kappa shape index (κ3) is 2.55. The number of benzene rings is 1. The summed E-state index contributed by atoms with van der Waals surface area (Å²) in [6.07, 6.45) is 0.954. The van der Waals surface area contributed by atoms with Crippen molar-refractivity contribution >= 4 is 11.9 Å². The van der Waals surface area contributed by atoms with Gasteiger partial charge in [0, 0.05) is 6.42 Å². The number of carbonyl (C=O) groups is 2. The number of hydrogen-bond donors (Lipinski definition) is 0. The monoisotopic (exact) mass is 275 g/mol. The van der Waals surface area contributed by atoms with Crippen LogP contribution in [0.4, 0.5) is 0 Å². The molecule has 1 fully saturated rings. The molecule has 20 heavy (non-hydrogen) atoms. The molecule has 0 aromatic heterocycles. The van der Waals surface area contributed by atoms with Gasteiger partial charge in [0.2, 0.25) is 5.91 Å². The Labute approximate surface area is 119 Å². The summed E-state index contributed by atoms with van der Waals surface area (Å²) >= 11 is 0. The van der Waals surface area contributed by atoms with Crippen molar-refractivity contribution in [3.05, 3.63) is 34.9 Å². The van der Waals surface area contributed by atoms with Crippen LogP contribution in [0.15, 0.2) is 18.2 Å². The molecule has 1 aliphatic rings. The Balaban J connectivity index is 2.29. The highest BCUT2D eigenvalue weighted by Gasteiger charge is 2.39. The quantitative estimate of drug-likeness (QED) is 0.796. The van der Waals surface area contributed by atoms with Gasteiger partial charge in [-0.1, -0.05) is 18.2 Å². The number of ether oxygens (including phenoxy) is 1. The van der Waals surface area contributed by atoms with E-state index in [4.69, 9.17) is 4.74 Å². The zero-order valence-corrected chi connectivity index (χ0v) is 12.5. The first-order valence-corrected chi connectivity index (χ1v) is 6.92. The van der Waals surface area contributed by atoms with Crippen LogP contribution in [0.3, 0.4) is 0 Å². The lowest BCUT2D eigenvalue weighted by Gasteiger charge is -2.30. The molecule has 1 saturated heterocycles. The Hall–Kier alpha value is -1.84. The average Bonchev–Trinajstić information content (AvgIpc) is 2.82. The summed E-state index contributed by atoms with van der Waals surface area (Å²) < 4.78 is 4.81. The first-order chi connectivity index (χ1) is 9.45. The molecule has 1 heterocycles. The molecule has 2 rings (SSSR count). The van der Waals surface area contributed by atoms with E-state index < -0.39 is 6.04 Å². The van der Waals surface area contributed by atoms with Crippen molar-refractivity contribution in [2.24, 2.45) is 0 Å². The van der Waals surface area contributed by atoms with E-state index in [1.165, 1.54) is 18.2 Å². The zero-order chi connectivity index (χ0) is 14.9. The van der Waals surface area contributed by atoms with E-state index in [-0.39, 0.29) is 17.9 Å². The van der Waals surface area contributed by atoms with E-state index in [1.54, 1.807) is 4.90 Å². The Morgan fingerprint density at radius 2 is 2.05 bits per heavy atom. The number of rotatable bonds is 3. The number of hydrogen-bond acceptors (Lipinski definition) is 3. The summed E-state index contributed by atoms with van der Waals surface area (Å²) in [6.45, 7) is 6.07. The molecule has 2 atom stereocenters. The fraction of sp³-hybridized carbons (Fsp3) is 0.500. The van der Waals surface area contributed by atoms with Crippen LogP contribution in [0.5, 0.6) is 0 Å². The zero-order valence-electron chi connectivity index (χ0n) is 12.5. The van der Waals surface area contributed by atoms with Gasteiger partial charge in [-0.15, -0.1) is 0 Å². The second-order valence-electron chi connectivity index (χ2n) is 5.40. The summed E-state index contributed by atoms with van der Waals surface area (Å²) in [5.74, 6) is -0.308. The highest BCUT2D eigenvalue weighted by molar-refractivity contribution is 5.88. The summed E-state index contributed by atoms with van der Waals surface area (Å²) in [5, 5.41) is 0. The van der Waals surface area contributed by atoms with Crippen molar-refractivity contribution in [3.63, 3.8) is 0 Å². The third-order valence-electron chi connectivity index (χ3n) is 4.16. The first kappa shape index (κ1) is 14.6. The summed E-state index contributed by atoms with van der Waals surface area (Å²) in [4.78, 5) is 25.6. The van der Waals surface area contributed by atoms with Gasteiger partial charge in [0.05, 0.1) is 13.2 Å². The number of amides is 1. The maximum absolute atomic E-state index is 12.1. The van der Waals surface area contributed by atoms with Gasteiger partial charge in [0.25, 0.3) is 0 Å². The molecule has 4 heteroatoms. The van der Waals surface area contributed by atoms with Crippen molar-refractivity contribution in [3.8, 4) is 0 Å². The largest absolute Gasteiger partial charge is 0.467 e. The molecular weight excluding hydrogens is 254 g/mol. The lowest BCUT2D eigenvalue weighted by molar-refractivity contribution is -0.150. The molecule has 1 aliphatic heterocycles. The average molecular weight is 275 g/mol. The van der Waals surface area contributed by atoms with Crippen molar-refractivity contribution in [2.45, 2.75) is 45.7 Å². The second kappa shape index (κ2) is 5.65. The number of aryl methyl sites for hydroxylation is 2. The number of nitrogens with zero attached hydrogens (tertiary/aromatic N) is 1. The fourth-order valence-electron chi connectivity index (χ4n) is 2.74. The highest BCUT2D eigenvalue weighted by atomic mass is 16.5. The van der Waals surface area contributed by atoms with Crippen molar-refractivity contribution < 1.29 is 14.3 Å². The van der Waals surface area contributed by atoms with Crippen LogP contribution in [0.1, 0.15) is 42.5 Å². The lowest BCUT2D eigenvalue weighted by atomic mass is 10.0. The summed E-state index contributed by atoms with van der Waals surface area (Å²) in [7, 11) is 1.37. The number of carbonyl (C=O) groups excluding carboxylic acids is 2. The van der Waals surface area contributed by atoms with Crippen LogP contribution in [0.25, 0.3) is 0 Å². The summed E-state index contributed by atoms with van der Waals surface area (Å²) in [6, 6.07) is 5.58. The highest BCUT2D eigenvalue weighted by Crippen LogP contribution is 2.31. The normalized spacial score (nSPS) is 20.1. The third-order valence-corrected chi connectivity index (χ3v) is 4.16. The van der Waals surface area contributed by atoms with Gasteiger partial charge in [-0.2, -0.15) is 0 Å². The minimum absolute atomic E-state index is 0.0196. The molecule has 1 aromatic carbocycles. The van der Waals surface area contributed by atoms with Gasteiger partial charge in [-0.05, 0) is 43.9 Å². The first-order valence-electron chi connectivity index (χ1n) is 6.92. The van der Waals surface area contributed by atoms with Crippen molar-refractivity contribution in [1.29, 1.82) is 0 Å². The van der Waals surface area contributed by atoms with Gasteiger partial charge in [0.15, 0.2) is 0 Å². The molecule has 1 aromatic rings. The molecule has 0 bridgehead atoms. The Morgan fingerprint density at radius 3 is 2.65 bits per heavy atom. The topological polar surface area (TPSA) is 46.6 Å². The number of esters is 1. The minimum atomic E-state index is -0.455. The minimum Gasteiger partial charge on any atom is -0.467 e. The van der Waals surface area contributed by atoms with E-state index in [9.17, 15) is 9.59 Å². The molecule has 0 spiro atoms. The van der Waals surface area contributed by atoms with E-state index in [2.05, 4.69) is 26.0 Å². The molecule has 0 saturated carbocycles. The maximum Gasteiger partial charge on any atom is 0.328 e. The molecule has 108 valence electrons. The molecule has 4 nitrogen and oxygen atoms in total. The number of likely N-dealkylation sites (tertiary alicyclic amines) is 1. The maximum atomic E-state index is 12.1. The molecule has 0 aliphatic carbocycles. The van der Waals surface area contributed by atoms with Crippen LogP contribution < -0.4 is 0 Å². The molecule has 2 unspecified atom stereocenters. The van der Waals surface area contributed by atoms with Crippen LogP contribution in [-0.4, -0.2) is 29.9 Å². The summed E-state index contributed by atoms with van der Waals surface area (Å²) in [5.41, 5.74) is 3.46. The van der Waals surface area contributed by atoms with Crippen LogP contribution in [0, 0.1) is 13.8 Å². The van der Waals surface area contributed by atoms with Crippen LogP contribution in [-0.2, 0) is 14.3 Å². The van der Waals surface area contributed by atoms with Crippen LogP contribution in [0.2, 0.25) is 0 Å². The fourth-order valence-corrected chi connectivity index (χ4v) is 2.74. The van der Waals surface area contributed by atoms with E-state index in [1.807, 2.05) is 13.0 Å². The molecular formula is C16H21NO3. The lowest BCUT2D eigenvalue weighted by Crippen LogP contribution is -2.40. The van der Waals surface area contributed by atoms with Gasteiger partial charge in [0.1, 0.15) is 6.04 Å². The SMILES string of the molecule is COC(=O)C1CCC(=O)N1C(C)c1ccc(C)c(C)c1. The molecule has 1 amide bonds. The molecule has 0 radical (unpaired) electrons. The van der Waals surface area contributed by atoms with Gasteiger partial charge in [-0.25, -0.2) is 4.79 Å².